The van der Waals surface area contributed by atoms with Gasteiger partial charge < -0.3 is 45.4 Å². The van der Waals surface area contributed by atoms with Gasteiger partial charge in [0.1, 0.15) is 0 Å². The van der Waals surface area contributed by atoms with E-state index >= 15 is 0 Å². The van der Waals surface area contributed by atoms with Gasteiger partial charge in [0.25, 0.3) is 0 Å². The summed E-state index contributed by atoms with van der Waals surface area (Å²) < 4.78 is 11.4. The largest absolute Gasteiger partial charge is 0.378 e. The summed E-state index contributed by atoms with van der Waals surface area (Å²) in [6, 6.07) is 3.66. The van der Waals surface area contributed by atoms with Gasteiger partial charge in [0, 0.05) is 86.9 Å². The number of amides is 2. The Morgan fingerprint density at radius 2 is 0.786 bits per heavy atom. The van der Waals surface area contributed by atoms with Crippen molar-refractivity contribution in [3.8, 4) is 0 Å². The van der Waals surface area contributed by atoms with Gasteiger partial charge in [-0.05, 0) is 126 Å². The zero-order chi connectivity index (χ0) is 51.0. The van der Waals surface area contributed by atoms with Gasteiger partial charge in [0.15, 0.2) is 0 Å². The van der Waals surface area contributed by atoms with Crippen molar-refractivity contribution in [2.24, 2.45) is 11.8 Å². The van der Waals surface area contributed by atoms with E-state index in [1.54, 1.807) is 0 Å². The standard InChI is InChI=1S/C11H20N2O.C10H19NO.C9H20N2.C9H19NO.C9H19N.C9H18O.2CH4/c1-8(2)11(14)12-10-5-6-13(4)9(3)7-10;1-8(2)10(12)11-9-6-4-3-5-7-9;1-8(2)10-9-4-6-11(3)7-5-9;1-8(2)11-9-4-6-10(3)7-5-9;2*1-8(2)10-9-6-4-3-5-7-9;;/h8,10H,3,5-7H2,1-2,4H3,(H,12,14);8-9H,3-7H2,1-2H3,(H,11,12);8-10H,4-7H2,1-3H3;8-9H,4-7H2,1-3H3;8-10H,3-7H2,1-2H3;8-9H,3-7H2,1-2H3;2*1H4. The minimum absolute atomic E-state index is 0. The number of likely N-dealkylation sites (tertiary alicyclic amines) is 3. The van der Waals surface area contributed by atoms with Crippen molar-refractivity contribution in [2.45, 2.75) is 293 Å². The lowest BCUT2D eigenvalue weighted by Crippen LogP contribution is -2.43. The van der Waals surface area contributed by atoms with Crippen LogP contribution in [0.15, 0.2) is 12.3 Å². The Kier molecular flexibility index (Phi) is 41.8. The second kappa shape index (κ2) is 41.6. The first-order valence-electron chi connectivity index (χ1n) is 28.3. The second-order valence-corrected chi connectivity index (χ2v) is 23.0. The van der Waals surface area contributed by atoms with Crippen LogP contribution in [-0.2, 0) is 19.1 Å². The summed E-state index contributed by atoms with van der Waals surface area (Å²) in [5, 5.41) is 13.3. The molecule has 11 nitrogen and oxygen atoms in total. The number of carbonyl (C=O) groups is 2. The van der Waals surface area contributed by atoms with Gasteiger partial charge in [-0.15, -0.1) is 0 Å². The summed E-state index contributed by atoms with van der Waals surface area (Å²) in [6.45, 7) is 34.9. The number of nitrogens with one attached hydrogen (secondary N) is 4. The first kappa shape index (κ1) is 70.3. The van der Waals surface area contributed by atoms with E-state index in [2.05, 4.69) is 112 Å². The highest BCUT2D eigenvalue weighted by Gasteiger charge is 2.22. The average Bonchev–Trinajstić information content (AvgIpc) is 3.28. The fraction of sp³-hybridized carbons (Fsp3) is 0.932. The number of ether oxygens (including phenoxy) is 2. The summed E-state index contributed by atoms with van der Waals surface area (Å²) in [4.78, 5) is 29.7. The normalized spacial score (nSPS) is 21.4. The minimum atomic E-state index is 0. The predicted molar refractivity (Wildman–Crippen MR) is 305 cm³/mol. The molecule has 3 heterocycles. The molecule has 0 spiro atoms. The highest BCUT2D eigenvalue weighted by molar-refractivity contribution is 5.78. The molecular formula is C59H123N7O4. The van der Waals surface area contributed by atoms with E-state index in [1.807, 2.05) is 34.7 Å². The quantitative estimate of drug-likeness (QED) is 0.152. The van der Waals surface area contributed by atoms with E-state index < -0.39 is 0 Å². The molecule has 70 heavy (non-hydrogen) atoms. The van der Waals surface area contributed by atoms with Gasteiger partial charge in [-0.25, -0.2) is 0 Å². The highest BCUT2D eigenvalue weighted by Crippen LogP contribution is 2.22. The van der Waals surface area contributed by atoms with Crippen molar-refractivity contribution < 1.29 is 19.1 Å². The molecule has 6 aliphatic rings. The SMILES string of the molecule is C.C.C=C1CC(NC(=O)C(C)C)CCN1C.CC(C)C(=O)NC1CCCCC1.CC(C)NC1CCCCC1.CC(C)NC1CCN(C)CC1.CC(C)OC1CCCCC1.CC(C)OC1CCN(C)CC1. The second-order valence-electron chi connectivity index (χ2n) is 23.0. The van der Waals surface area contributed by atoms with Crippen molar-refractivity contribution in [1.29, 1.82) is 0 Å². The van der Waals surface area contributed by atoms with E-state index in [0.29, 0.717) is 42.5 Å². The molecule has 0 aromatic carbocycles. The fourth-order valence-corrected chi connectivity index (χ4v) is 9.64. The molecule has 0 aromatic rings. The Morgan fingerprint density at radius 1 is 0.457 bits per heavy atom. The van der Waals surface area contributed by atoms with E-state index in [9.17, 15) is 9.59 Å². The molecule has 0 bridgehead atoms. The van der Waals surface area contributed by atoms with Crippen molar-refractivity contribution >= 4 is 11.8 Å². The third kappa shape index (κ3) is 37.0. The number of hydrogen-bond donors (Lipinski definition) is 4. The van der Waals surface area contributed by atoms with Gasteiger partial charge in [-0.1, -0.05) is 135 Å². The Balaban J connectivity index is 0. The molecule has 3 aliphatic heterocycles. The maximum absolute atomic E-state index is 11.4. The Labute approximate surface area is 436 Å². The lowest BCUT2D eigenvalue weighted by atomic mass is 9.95. The topological polar surface area (TPSA) is 110 Å². The molecule has 3 saturated carbocycles. The van der Waals surface area contributed by atoms with Crippen molar-refractivity contribution in [1.82, 2.24) is 36.0 Å². The van der Waals surface area contributed by atoms with E-state index in [-0.39, 0.29) is 44.5 Å². The maximum Gasteiger partial charge on any atom is 0.222 e. The van der Waals surface area contributed by atoms with Crippen LogP contribution in [0.2, 0.25) is 0 Å². The molecule has 6 fully saturated rings. The molecule has 3 aliphatic carbocycles. The molecular weight excluding hydrogens is 871 g/mol. The Bertz CT molecular complexity index is 1190. The maximum atomic E-state index is 11.4. The van der Waals surface area contributed by atoms with Crippen LogP contribution in [0.25, 0.3) is 0 Å². The molecule has 11 heteroatoms. The van der Waals surface area contributed by atoms with Gasteiger partial charge in [0.2, 0.25) is 11.8 Å². The molecule has 1 unspecified atom stereocenters. The summed E-state index contributed by atoms with van der Waals surface area (Å²) >= 11 is 0. The Hall–Kier alpha value is -1.76. The summed E-state index contributed by atoms with van der Waals surface area (Å²) in [7, 11) is 6.42. The number of nitrogens with zero attached hydrogens (tertiary/aromatic N) is 3. The zero-order valence-corrected chi connectivity index (χ0v) is 47.5. The van der Waals surface area contributed by atoms with Gasteiger partial charge in [0.05, 0.1) is 24.4 Å². The fourth-order valence-electron chi connectivity index (χ4n) is 9.64. The minimum Gasteiger partial charge on any atom is -0.378 e. The third-order valence-corrected chi connectivity index (χ3v) is 13.8. The van der Waals surface area contributed by atoms with Crippen LogP contribution in [0.5, 0.6) is 0 Å². The molecule has 6 rings (SSSR count). The number of piperidine rings is 3. The number of hydrogen-bond acceptors (Lipinski definition) is 9. The molecule has 4 N–H and O–H groups in total. The van der Waals surface area contributed by atoms with Gasteiger partial charge in [-0.3, -0.25) is 9.59 Å². The Morgan fingerprint density at radius 3 is 1.16 bits per heavy atom. The smallest absolute Gasteiger partial charge is 0.222 e. The number of carbonyl (C=O) groups excluding carboxylic acids is 2. The number of rotatable bonds is 12. The van der Waals surface area contributed by atoms with Crippen LogP contribution in [0, 0.1) is 11.8 Å². The van der Waals surface area contributed by atoms with Crippen LogP contribution >= 0.6 is 0 Å². The van der Waals surface area contributed by atoms with Crippen LogP contribution in [0.1, 0.15) is 233 Å². The first-order chi connectivity index (χ1) is 32.1. The van der Waals surface area contributed by atoms with Crippen molar-refractivity contribution in [3.05, 3.63) is 12.3 Å². The van der Waals surface area contributed by atoms with E-state index in [1.165, 1.54) is 148 Å². The molecule has 2 amide bonds. The lowest BCUT2D eigenvalue weighted by molar-refractivity contribution is -0.125. The van der Waals surface area contributed by atoms with Crippen LogP contribution in [0.3, 0.4) is 0 Å². The lowest BCUT2D eigenvalue weighted by Gasteiger charge is -2.33. The van der Waals surface area contributed by atoms with E-state index in [0.717, 1.165) is 37.2 Å². The van der Waals surface area contributed by atoms with Crippen molar-refractivity contribution in [2.75, 3.05) is 53.9 Å². The van der Waals surface area contributed by atoms with Crippen molar-refractivity contribution in [3.63, 3.8) is 0 Å². The molecule has 3 saturated heterocycles. The highest BCUT2D eigenvalue weighted by atomic mass is 16.5. The molecule has 418 valence electrons. The van der Waals surface area contributed by atoms with E-state index in [4.69, 9.17) is 9.47 Å². The molecule has 0 aromatic heterocycles. The zero-order valence-electron chi connectivity index (χ0n) is 47.5. The van der Waals surface area contributed by atoms with Gasteiger partial charge >= 0.3 is 0 Å². The van der Waals surface area contributed by atoms with Crippen LogP contribution in [0.4, 0.5) is 0 Å². The summed E-state index contributed by atoms with van der Waals surface area (Å²) in [6.07, 6.45) is 29.0. The third-order valence-electron chi connectivity index (χ3n) is 13.8. The molecule has 0 radical (unpaired) electrons. The van der Waals surface area contributed by atoms with Gasteiger partial charge in [-0.2, -0.15) is 0 Å². The van der Waals surface area contributed by atoms with Crippen LogP contribution < -0.4 is 21.3 Å². The first-order valence-corrected chi connectivity index (χ1v) is 28.3. The predicted octanol–water partition coefficient (Wildman–Crippen LogP) is 12.4. The average molecular weight is 995 g/mol. The van der Waals surface area contributed by atoms with Crippen LogP contribution in [-0.4, -0.2) is 141 Å². The summed E-state index contributed by atoms with van der Waals surface area (Å²) in [5.74, 6) is 0.559. The summed E-state index contributed by atoms with van der Waals surface area (Å²) in [5.41, 5.74) is 1.12. The monoisotopic (exact) mass is 994 g/mol. The molecule has 1 atom stereocenters.